The van der Waals surface area contributed by atoms with Gasteiger partial charge in [0, 0.05) is 6.20 Å². The van der Waals surface area contributed by atoms with Crippen LogP contribution >= 0.6 is 0 Å². The molecule has 5 nitrogen and oxygen atoms in total. The molecular weight excluding hydrogens is 783 g/mol. The van der Waals surface area contributed by atoms with Crippen LogP contribution in [-0.4, -0.2) is 39.4 Å². The van der Waals surface area contributed by atoms with Crippen LogP contribution in [0.3, 0.4) is 0 Å². The number of aliphatic hydroxyl groups excluding tert-OH is 2. The molecule has 2 heterocycles. The van der Waals surface area contributed by atoms with E-state index in [1.54, 1.807) is 13.8 Å². The van der Waals surface area contributed by atoms with Crippen LogP contribution < -0.4 is 4.90 Å². The number of rotatable bonds is 5. The van der Waals surface area contributed by atoms with Gasteiger partial charge in [-0.2, -0.15) is 37.0 Å². The third-order valence-corrected chi connectivity index (χ3v) is 10.4. The van der Waals surface area contributed by atoms with Gasteiger partial charge in [0.1, 0.15) is 0 Å². The number of benzene rings is 3. The summed E-state index contributed by atoms with van der Waals surface area (Å²) in [6.45, 7) is 10.2. The first-order chi connectivity index (χ1) is 23.0. The van der Waals surface area contributed by atoms with Crippen molar-refractivity contribution in [2.75, 3.05) is 11.9 Å². The molecule has 2 unspecified atom stereocenters. The average molecular weight is 837 g/mol. The summed E-state index contributed by atoms with van der Waals surface area (Å²) >= 11 is 0. The fraction of sp³-hybridized carbons (Fsp3) is 0.442. The molecule has 49 heavy (non-hydrogen) atoms. The summed E-state index contributed by atoms with van der Waals surface area (Å²) in [4.78, 5) is 8.74. The van der Waals surface area contributed by atoms with E-state index in [0.29, 0.717) is 23.2 Å². The molecule has 2 atom stereocenters. The summed E-state index contributed by atoms with van der Waals surface area (Å²) in [5.41, 5.74) is 5.94. The van der Waals surface area contributed by atoms with Crippen LogP contribution in [0.4, 0.5) is 5.69 Å². The Hall–Kier alpha value is -3.02. The summed E-state index contributed by atoms with van der Waals surface area (Å²) in [7, 11) is 2.00. The third kappa shape index (κ3) is 11.0. The monoisotopic (exact) mass is 837 g/mol. The molecule has 2 aliphatic carbocycles. The minimum Gasteiger partial charge on any atom is -0.510 e. The predicted molar refractivity (Wildman–Crippen MR) is 199 cm³/mol. The second kappa shape index (κ2) is 17.8. The number of nitrogens with zero attached hydrogens (tertiary/aromatic N) is 3. The van der Waals surface area contributed by atoms with E-state index in [-0.39, 0.29) is 32.3 Å². The molecule has 262 valence electrons. The number of aromatic nitrogens is 1. The standard InChI is InChI=1S/C28H32N.C10H10N2.C5H12O2.Ir/c1-27(2)15-17-28(18-16-27)13-10-21(11-14-28)24-9-8-22-12-19-29-26(25(22)20-24)23-6-4-3-5-7-23;1-11-7-8-12(9-11)10-5-3-2-4-6-10;1-4(6)3-5(2)7;/h3-6,8-9,12,19-21H,10-11,13-18H2,1-2H3;2-5,7-9H,1H3;4-7H,3H2,1-2H3;/q-1;-2;;+3. The summed E-state index contributed by atoms with van der Waals surface area (Å²) in [5, 5.41) is 19.7. The number of pyridine rings is 1. The van der Waals surface area contributed by atoms with Crippen molar-refractivity contribution in [2.45, 2.75) is 104 Å². The molecule has 7 rings (SSSR count). The second-order valence-electron chi connectivity index (χ2n) is 15.0. The molecule has 4 aromatic rings. The molecule has 1 spiro atoms. The van der Waals surface area contributed by atoms with Crippen molar-refractivity contribution in [2.24, 2.45) is 10.8 Å². The maximum absolute atomic E-state index is 8.56. The van der Waals surface area contributed by atoms with Gasteiger partial charge in [0.2, 0.25) is 0 Å². The average Bonchev–Trinajstić information content (AvgIpc) is 3.53. The summed E-state index contributed by atoms with van der Waals surface area (Å²) in [5.74, 6) is 0.702. The zero-order chi connectivity index (χ0) is 34.1. The van der Waals surface area contributed by atoms with Gasteiger partial charge in [-0.25, -0.2) is 0 Å². The van der Waals surface area contributed by atoms with Crippen LogP contribution in [0.2, 0.25) is 0 Å². The van der Waals surface area contributed by atoms with Gasteiger partial charge in [0.15, 0.2) is 0 Å². The van der Waals surface area contributed by atoms with Gasteiger partial charge in [-0.1, -0.05) is 32.0 Å². The van der Waals surface area contributed by atoms with Crippen molar-refractivity contribution < 1.29 is 30.3 Å². The smallest absolute Gasteiger partial charge is 0.510 e. The third-order valence-electron chi connectivity index (χ3n) is 10.4. The van der Waals surface area contributed by atoms with Crippen LogP contribution in [0.5, 0.6) is 0 Å². The molecule has 0 bridgehead atoms. The Morgan fingerprint density at radius 3 is 2.08 bits per heavy atom. The molecule has 1 aliphatic heterocycles. The van der Waals surface area contributed by atoms with Crippen molar-refractivity contribution in [3.8, 4) is 11.3 Å². The van der Waals surface area contributed by atoms with E-state index in [0.717, 1.165) is 16.9 Å². The molecule has 2 N–H and O–H groups in total. The molecule has 0 saturated heterocycles. The van der Waals surface area contributed by atoms with Crippen molar-refractivity contribution in [3.05, 3.63) is 116 Å². The molecule has 2 fully saturated rings. The SMILES string of the molecule is CC(O)CC(C)O.CC1(C)CCC2(CCC(c3ccc4ccnc(-c5[c-]cccc5)c4c3)CC2)CC1.CN1C=CN(c2[c-]cccc2)[CH-]1.[Ir+3]. The van der Waals surface area contributed by atoms with Gasteiger partial charge in [-0.3, -0.25) is 0 Å². The maximum atomic E-state index is 8.56. The zero-order valence-corrected chi connectivity index (χ0v) is 32.3. The Bertz CT molecular complexity index is 1580. The van der Waals surface area contributed by atoms with Crippen LogP contribution in [0.15, 0.2) is 91.4 Å². The number of aliphatic hydroxyl groups is 2. The first-order valence-corrected chi connectivity index (χ1v) is 17.7. The first kappa shape index (κ1) is 38.8. The normalized spacial score (nSPS) is 19.2. The quantitative estimate of drug-likeness (QED) is 0.196. The number of fused-ring (bicyclic) bond motifs is 1. The van der Waals surface area contributed by atoms with Gasteiger partial charge in [0.05, 0.1) is 12.2 Å². The van der Waals surface area contributed by atoms with E-state index in [4.69, 9.17) is 15.2 Å². The number of anilines is 1. The number of para-hydroxylation sites is 1. The Morgan fingerprint density at radius 2 is 1.53 bits per heavy atom. The van der Waals surface area contributed by atoms with Crippen molar-refractivity contribution in [1.29, 1.82) is 0 Å². The molecule has 3 aromatic carbocycles. The van der Waals surface area contributed by atoms with E-state index < -0.39 is 0 Å². The van der Waals surface area contributed by atoms with E-state index >= 15 is 0 Å². The van der Waals surface area contributed by atoms with Crippen LogP contribution in [-0.2, 0) is 20.1 Å². The number of hydrogen-bond donors (Lipinski definition) is 2. The van der Waals surface area contributed by atoms with Crippen LogP contribution in [0.25, 0.3) is 22.0 Å². The van der Waals surface area contributed by atoms with E-state index in [9.17, 15) is 0 Å². The predicted octanol–water partition coefficient (Wildman–Crippen LogP) is 9.91. The topological polar surface area (TPSA) is 59.8 Å². The summed E-state index contributed by atoms with van der Waals surface area (Å²) < 4.78 is 0. The summed E-state index contributed by atoms with van der Waals surface area (Å²) in [6, 6.07) is 31.8. The van der Waals surface area contributed by atoms with Crippen LogP contribution in [0.1, 0.15) is 97.0 Å². The zero-order valence-electron chi connectivity index (χ0n) is 29.9. The largest absolute Gasteiger partial charge is 3.00 e. The van der Waals surface area contributed by atoms with Crippen molar-refractivity contribution >= 4 is 16.5 Å². The Kier molecular flexibility index (Phi) is 14.1. The molecule has 0 amide bonds. The summed E-state index contributed by atoms with van der Waals surface area (Å²) in [6.07, 6.45) is 16.9. The van der Waals surface area contributed by atoms with E-state index in [1.165, 1.54) is 67.7 Å². The minimum atomic E-state index is -0.375. The number of hydrogen-bond acceptors (Lipinski definition) is 5. The van der Waals surface area contributed by atoms with Gasteiger partial charge in [-0.15, -0.1) is 41.6 Å². The molecule has 0 radical (unpaired) electrons. The van der Waals surface area contributed by atoms with Crippen molar-refractivity contribution in [1.82, 2.24) is 9.88 Å². The van der Waals surface area contributed by atoms with Crippen LogP contribution in [0, 0.1) is 29.6 Å². The fourth-order valence-corrected chi connectivity index (χ4v) is 7.35. The fourth-order valence-electron chi connectivity index (χ4n) is 7.35. The van der Waals surface area contributed by atoms with E-state index in [2.05, 4.69) is 62.4 Å². The molecule has 3 aliphatic rings. The molecule has 1 aromatic heterocycles. The Morgan fingerprint density at radius 1 is 0.857 bits per heavy atom. The molecule has 2 saturated carbocycles. The van der Waals surface area contributed by atoms with Crippen molar-refractivity contribution in [3.63, 3.8) is 0 Å². The van der Waals surface area contributed by atoms with Gasteiger partial charge < -0.3 is 25.0 Å². The van der Waals surface area contributed by atoms with Gasteiger partial charge in [0.25, 0.3) is 0 Å². The Labute approximate surface area is 308 Å². The maximum Gasteiger partial charge on any atom is 3.00 e. The molecule has 6 heteroatoms. The van der Waals surface area contributed by atoms with E-state index in [1.807, 2.05) is 78.5 Å². The molecular formula is C43H54IrN3O2. The minimum absolute atomic E-state index is 0. The first-order valence-electron chi connectivity index (χ1n) is 17.7. The van der Waals surface area contributed by atoms with Gasteiger partial charge >= 0.3 is 20.1 Å². The van der Waals surface area contributed by atoms with Gasteiger partial charge in [-0.05, 0) is 136 Å². The second-order valence-corrected chi connectivity index (χ2v) is 15.0. The Balaban J connectivity index is 0.000000223.